The fourth-order valence-corrected chi connectivity index (χ4v) is 4.28. The van der Waals surface area contributed by atoms with E-state index in [4.69, 9.17) is 0 Å². The normalized spacial score (nSPS) is 18.8. The van der Waals surface area contributed by atoms with Crippen molar-refractivity contribution >= 4 is 11.3 Å². The van der Waals surface area contributed by atoms with Gasteiger partial charge < -0.3 is 5.32 Å². The first kappa shape index (κ1) is 14.7. The highest BCUT2D eigenvalue weighted by atomic mass is 32.1. The number of nitrogens with one attached hydrogen (secondary N) is 1. The fraction of sp³-hybridized carbons (Fsp3) is 0.529. The van der Waals surface area contributed by atoms with Crippen LogP contribution in [0.2, 0.25) is 0 Å². The molecule has 0 radical (unpaired) electrons. The molecule has 2 aromatic heterocycles. The molecule has 0 amide bonds. The number of rotatable bonds is 5. The molecule has 1 aliphatic rings. The van der Waals surface area contributed by atoms with Crippen LogP contribution in [-0.2, 0) is 0 Å². The van der Waals surface area contributed by atoms with E-state index in [1.54, 1.807) is 12.4 Å². The molecule has 4 heteroatoms. The molecule has 1 N–H and O–H groups in total. The van der Waals surface area contributed by atoms with Crippen LogP contribution in [0.15, 0.2) is 29.9 Å². The Hall–Kier alpha value is -1.26. The molecule has 1 aliphatic carbocycles. The molecule has 3 rings (SSSR count). The van der Waals surface area contributed by atoms with Gasteiger partial charge in [-0.15, -0.1) is 11.3 Å². The maximum atomic E-state index is 4.52. The molecule has 1 fully saturated rings. The summed E-state index contributed by atoms with van der Waals surface area (Å²) in [5.74, 6) is 0.753. The van der Waals surface area contributed by atoms with Gasteiger partial charge in [0.1, 0.15) is 0 Å². The molecule has 1 saturated carbocycles. The highest BCUT2D eigenvalue weighted by Crippen LogP contribution is 2.38. The van der Waals surface area contributed by atoms with E-state index in [2.05, 4.69) is 39.7 Å². The van der Waals surface area contributed by atoms with Crippen LogP contribution < -0.4 is 5.32 Å². The highest BCUT2D eigenvalue weighted by Gasteiger charge is 2.28. The Morgan fingerprint density at radius 2 is 2.00 bits per heavy atom. The van der Waals surface area contributed by atoms with Crippen LogP contribution in [0.25, 0.3) is 0 Å². The topological polar surface area (TPSA) is 37.8 Å². The second kappa shape index (κ2) is 6.67. The van der Waals surface area contributed by atoms with Crippen molar-refractivity contribution in [2.75, 3.05) is 0 Å². The first-order valence-corrected chi connectivity index (χ1v) is 8.70. The van der Waals surface area contributed by atoms with Gasteiger partial charge in [0.15, 0.2) is 0 Å². The number of aromatic nitrogens is 2. The Morgan fingerprint density at radius 3 is 2.67 bits per heavy atom. The predicted molar refractivity (Wildman–Crippen MR) is 87.3 cm³/mol. The van der Waals surface area contributed by atoms with Crippen LogP contribution in [0.5, 0.6) is 0 Å². The maximum Gasteiger partial charge on any atom is 0.0782 e. The van der Waals surface area contributed by atoms with Gasteiger partial charge >= 0.3 is 0 Å². The van der Waals surface area contributed by atoms with Crippen LogP contribution in [-0.4, -0.2) is 9.97 Å². The molecule has 2 aromatic rings. The Bertz CT molecular complexity index is 561. The largest absolute Gasteiger partial charge is 0.301 e. The fourth-order valence-electron chi connectivity index (χ4n) is 3.40. The lowest BCUT2D eigenvalue weighted by Crippen LogP contribution is -2.30. The summed E-state index contributed by atoms with van der Waals surface area (Å²) < 4.78 is 0. The quantitative estimate of drug-likeness (QED) is 0.888. The van der Waals surface area contributed by atoms with Crippen molar-refractivity contribution in [3.05, 3.63) is 46.2 Å². The zero-order valence-corrected chi connectivity index (χ0v) is 13.6. The average molecular weight is 301 g/mol. The van der Waals surface area contributed by atoms with Crippen LogP contribution >= 0.6 is 11.3 Å². The standard InChI is InChI=1S/C17H23N3S/c1-12-16(19-10-9-18-12)13(2)20-17(14-6-3-4-7-14)15-8-5-11-21-15/h5,8-11,13-14,17,20H,3-4,6-7H2,1-2H3. The van der Waals surface area contributed by atoms with Crippen LogP contribution in [0, 0.1) is 12.8 Å². The van der Waals surface area contributed by atoms with Gasteiger partial charge in [0, 0.05) is 29.4 Å². The Kier molecular flexibility index (Phi) is 4.66. The molecule has 0 aromatic carbocycles. The smallest absolute Gasteiger partial charge is 0.0782 e. The third-order valence-electron chi connectivity index (χ3n) is 4.48. The number of hydrogen-bond donors (Lipinski definition) is 1. The van der Waals surface area contributed by atoms with Crippen molar-refractivity contribution in [2.24, 2.45) is 5.92 Å². The minimum absolute atomic E-state index is 0.228. The molecular formula is C17H23N3S. The van der Waals surface area contributed by atoms with Gasteiger partial charge in [0.25, 0.3) is 0 Å². The molecule has 112 valence electrons. The SMILES string of the molecule is Cc1nccnc1C(C)NC(c1cccs1)C1CCCC1. The molecule has 21 heavy (non-hydrogen) atoms. The summed E-state index contributed by atoms with van der Waals surface area (Å²) >= 11 is 1.86. The van der Waals surface area contributed by atoms with Gasteiger partial charge in [-0.25, -0.2) is 0 Å². The molecule has 2 atom stereocenters. The number of nitrogens with zero attached hydrogens (tertiary/aromatic N) is 2. The van der Waals surface area contributed by atoms with Gasteiger partial charge in [-0.05, 0) is 44.1 Å². The Morgan fingerprint density at radius 1 is 1.24 bits per heavy atom. The van der Waals surface area contributed by atoms with Gasteiger partial charge in [0.05, 0.1) is 11.4 Å². The van der Waals surface area contributed by atoms with Crippen LogP contribution in [0.3, 0.4) is 0 Å². The molecular weight excluding hydrogens is 278 g/mol. The zero-order chi connectivity index (χ0) is 14.7. The summed E-state index contributed by atoms with van der Waals surface area (Å²) in [6, 6.07) is 5.09. The second-order valence-electron chi connectivity index (χ2n) is 5.95. The van der Waals surface area contributed by atoms with Gasteiger partial charge in [-0.2, -0.15) is 0 Å². The Labute approximate surface area is 130 Å². The van der Waals surface area contributed by atoms with Crippen molar-refractivity contribution in [3.8, 4) is 0 Å². The monoisotopic (exact) mass is 301 g/mol. The predicted octanol–water partition coefficient (Wildman–Crippen LogP) is 4.43. The maximum absolute atomic E-state index is 4.52. The summed E-state index contributed by atoms with van der Waals surface area (Å²) in [4.78, 5) is 10.3. The van der Waals surface area contributed by atoms with E-state index in [1.165, 1.54) is 30.6 Å². The van der Waals surface area contributed by atoms with Crippen molar-refractivity contribution in [3.63, 3.8) is 0 Å². The van der Waals surface area contributed by atoms with Crippen molar-refractivity contribution in [1.29, 1.82) is 0 Å². The van der Waals surface area contributed by atoms with Gasteiger partial charge in [-0.3, -0.25) is 9.97 Å². The first-order chi connectivity index (χ1) is 10.3. The van der Waals surface area contributed by atoms with Crippen molar-refractivity contribution in [1.82, 2.24) is 15.3 Å². The minimum Gasteiger partial charge on any atom is -0.301 e. The van der Waals surface area contributed by atoms with E-state index in [0.717, 1.165) is 17.3 Å². The lowest BCUT2D eigenvalue weighted by Gasteiger charge is -2.27. The van der Waals surface area contributed by atoms with E-state index in [9.17, 15) is 0 Å². The van der Waals surface area contributed by atoms with E-state index in [1.807, 2.05) is 18.3 Å². The van der Waals surface area contributed by atoms with Crippen molar-refractivity contribution in [2.45, 2.75) is 51.6 Å². The highest BCUT2D eigenvalue weighted by molar-refractivity contribution is 7.10. The summed E-state index contributed by atoms with van der Waals surface area (Å²) in [5.41, 5.74) is 2.09. The molecule has 0 spiro atoms. The molecule has 2 heterocycles. The average Bonchev–Trinajstić information content (AvgIpc) is 3.18. The first-order valence-electron chi connectivity index (χ1n) is 7.82. The van der Waals surface area contributed by atoms with E-state index in [-0.39, 0.29) is 6.04 Å². The van der Waals surface area contributed by atoms with E-state index in [0.29, 0.717) is 6.04 Å². The summed E-state index contributed by atoms with van der Waals surface area (Å²) in [5, 5.41) is 6.00. The molecule has 3 nitrogen and oxygen atoms in total. The Balaban J connectivity index is 1.79. The van der Waals surface area contributed by atoms with Crippen molar-refractivity contribution < 1.29 is 0 Å². The number of thiophene rings is 1. The summed E-state index contributed by atoms with van der Waals surface area (Å²) in [6.45, 7) is 4.24. The van der Waals surface area contributed by atoms with Crippen LogP contribution in [0.1, 0.15) is 61.0 Å². The molecule has 0 aliphatic heterocycles. The number of hydrogen-bond acceptors (Lipinski definition) is 4. The lowest BCUT2D eigenvalue weighted by molar-refractivity contribution is 0.339. The van der Waals surface area contributed by atoms with Crippen LogP contribution in [0.4, 0.5) is 0 Å². The lowest BCUT2D eigenvalue weighted by atomic mass is 9.95. The molecule has 0 saturated heterocycles. The third kappa shape index (κ3) is 3.33. The molecule has 2 unspecified atom stereocenters. The zero-order valence-electron chi connectivity index (χ0n) is 12.7. The number of aryl methyl sites for hydroxylation is 1. The van der Waals surface area contributed by atoms with Gasteiger partial charge in [0.2, 0.25) is 0 Å². The minimum atomic E-state index is 0.228. The van der Waals surface area contributed by atoms with E-state index >= 15 is 0 Å². The molecule has 0 bridgehead atoms. The van der Waals surface area contributed by atoms with Gasteiger partial charge in [-0.1, -0.05) is 18.9 Å². The summed E-state index contributed by atoms with van der Waals surface area (Å²) in [7, 11) is 0. The summed E-state index contributed by atoms with van der Waals surface area (Å²) in [6.07, 6.45) is 8.96. The second-order valence-corrected chi connectivity index (χ2v) is 6.93. The van der Waals surface area contributed by atoms with E-state index < -0.39 is 0 Å². The third-order valence-corrected chi connectivity index (χ3v) is 5.44.